The number of hydrogen-bond acceptors (Lipinski definition) is 4. The Hall–Kier alpha value is -2.57. The highest BCUT2D eigenvalue weighted by atomic mass is 35.5. The number of carbonyl (C=O) groups excluding carboxylic acids is 2. The lowest BCUT2D eigenvalue weighted by Crippen LogP contribution is -2.15. The van der Waals surface area contributed by atoms with Crippen LogP contribution in [0.15, 0.2) is 36.4 Å². The molecule has 1 N–H and O–H groups in total. The summed E-state index contributed by atoms with van der Waals surface area (Å²) in [6.07, 6.45) is 0. The number of ether oxygens (including phenoxy) is 1. The first-order valence-corrected chi connectivity index (χ1v) is 7.40. The van der Waals surface area contributed by atoms with Gasteiger partial charge in [-0.05, 0) is 24.3 Å². The molecule has 0 saturated heterocycles. The van der Waals surface area contributed by atoms with Gasteiger partial charge in [0.1, 0.15) is 12.5 Å². The quantitative estimate of drug-likeness (QED) is 0.221. The third kappa shape index (κ3) is 4.24. The molecule has 0 bridgehead atoms. The molecule has 0 unspecified atom stereocenters. The van der Waals surface area contributed by atoms with Crippen molar-refractivity contribution in [3.63, 3.8) is 0 Å². The Balaban J connectivity index is 2.31. The molecule has 1 amide bonds. The van der Waals surface area contributed by atoms with Crippen molar-refractivity contribution in [3.8, 4) is 5.75 Å². The van der Waals surface area contributed by atoms with Crippen molar-refractivity contribution in [2.45, 2.75) is 6.92 Å². The molecule has 0 heterocycles. The number of benzene rings is 2. The second-order valence-corrected chi connectivity index (χ2v) is 5.57. The Morgan fingerprint density at radius 2 is 1.92 bits per heavy atom. The van der Waals surface area contributed by atoms with Crippen molar-refractivity contribution in [2.75, 3.05) is 5.32 Å². The van der Waals surface area contributed by atoms with E-state index in [1.165, 1.54) is 43.3 Å². The van der Waals surface area contributed by atoms with Crippen molar-refractivity contribution < 1.29 is 19.1 Å². The predicted molar refractivity (Wildman–Crippen MR) is 92.6 cm³/mol. The van der Waals surface area contributed by atoms with Gasteiger partial charge in [-0.25, -0.2) is 0 Å². The lowest BCUT2D eigenvalue weighted by Gasteiger charge is -2.11. The normalized spacial score (nSPS) is 10.1. The van der Waals surface area contributed by atoms with Crippen molar-refractivity contribution in [1.29, 1.82) is 0 Å². The second kappa shape index (κ2) is 7.33. The Morgan fingerprint density at radius 3 is 2.50 bits per heavy atom. The van der Waals surface area contributed by atoms with E-state index in [0.29, 0.717) is 9.76 Å². The monoisotopic (exact) mass is 366 g/mol. The summed E-state index contributed by atoms with van der Waals surface area (Å²) in [4.78, 5) is 23.6. The van der Waals surface area contributed by atoms with Crippen molar-refractivity contribution in [3.05, 3.63) is 57.2 Å². The lowest BCUT2D eigenvalue weighted by molar-refractivity contribution is -0.349. The minimum Gasteiger partial charge on any atom is -0.619 e. The van der Waals surface area contributed by atoms with Crippen LogP contribution in [0.4, 0.5) is 11.4 Å². The van der Waals surface area contributed by atoms with E-state index < -0.39 is 11.9 Å². The van der Waals surface area contributed by atoms with Gasteiger partial charge in [-0.3, -0.25) is 9.59 Å². The molecule has 0 aliphatic heterocycles. The van der Waals surface area contributed by atoms with Gasteiger partial charge in [0.05, 0.1) is 16.3 Å². The van der Waals surface area contributed by atoms with Gasteiger partial charge >= 0.3 is 5.97 Å². The fourth-order valence-corrected chi connectivity index (χ4v) is 2.27. The third-order valence-corrected chi connectivity index (χ3v) is 3.48. The summed E-state index contributed by atoms with van der Waals surface area (Å²) in [5.41, 5.74) is 0.586. The van der Waals surface area contributed by atoms with Crippen LogP contribution in [0.1, 0.15) is 17.3 Å². The zero-order valence-electron chi connectivity index (χ0n) is 12.5. The van der Waals surface area contributed by atoms with E-state index in [0.717, 1.165) is 0 Å². The summed E-state index contributed by atoms with van der Waals surface area (Å²) in [5.74, 6) is -1.07. The van der Waals surface area contributed by atoms with Gasteiger partial charge < -0.3 is 15.3 Å². The molecule has 2 rings (SSSR count). The molecule has 0 saturated carbocycles. The zero-order chi connectivity index (χ0) is 17.9. The molecular weight excluding hydrogens is 355 g/mol. The van der Waals surface area contributed by atoms with E-state index in [2.05, 4.69) is 12.0 Å². The molecule has 124 valence electrons. The summed E-state index contributed by atoms with van der Waals surface area (Å²) in [5, 5.41) is 14.2. The van der Waals surface area contributed by atoms with Crippen LogP contribution in [0.2, 0.25) is 10.0 Å². The summed E-state index contributed by atoms with van der Waals surface area (Å²) in [6, 6.07) is 8.56. The van der Waals surface area contributed by atoms with Gasteiger partial charge in [0.15, 0.2) is 0 Å². The number of halogens is 2. The van der Waals surface area contributed by atoms with Crippen LogP contribution in [0.3, 0.4) is 0 Å². The van der Waals surface area contributed by atoms with Crippen LogP contribution in [0, 0.1) is 5.21 Å². The van der Waals surface area contributed by atoms with Crippen molar-refractivity contribution in [2.24, 2.45) is 0 Å². The molecule has 2 aromatic rings. The average molecular weight is 367 g/mol. The van der Waals surface area contributed by atoms with Gasteiger partial charge in [0.2, 0.25) is 5.69 Å². The van der Waals surface area contributed by atoms with Crippen LogP contribution in [-0.4, -0.2) is 23.3 Å². The highest BCUT2D eigenvalue weighted by Crippen LogP contribution is 2.29. The molecule has 0 fully saturated rings. The van der Waals surface area contributed by atoms with Gasteiger partial charge in [-0.15, -0.1) is 0 Å². The van der Waals surface area contributed by atoms with Gasteiger partial charge in [0, 0.05) is 24.1 Å². The highest BCUT2D eigenvalue weighted by Gasteiger charge is 2.17. The first kappa shape index (κ1) is 17.8. The third-order valence-electron chi connectivity index (χ3n) is 2.93. The number of amides is 1. The van der Waals surface area contributed by atoms with E-state index in [1.807, 2.05) is 0 Å². The summed E-state index contributed by atoms with van der Waals surface area (Å²) < 4.78 is 5.39. The molecule has 2 aromatic carbocycles. The summed E-state index contributed by atoms with van der Waals surface area (Å²) >= 11 is 11.9. The van der Waals surface area contributed by atoms with Crippen molar-refractivity contribution in [1.82, 2.24) is 0 Å². The molecule has 0 radical (unpaired) electrons. The van der Waals surface area contributed by atoms with E-state index in [4.69, 9.17) is 27.9 Å². The molecule has 8 heteroatoms. The van der Waals surface area contributed by atoms with Gasteiger partial charge in [0.25, 0.3) is 5.91 Å². The van der Waals surface area contributed by atoms with E-state index in [9.17, 15) is 14.8 Å². The maximum atomic E-state index is 12.4. The van der Waals surface area contributed by atoms with Crippen LogP contribution in [0.25, 0.3) is 0 Å². The van der Waals surface area contributed by atoms with Crippen molar-refractivity contribution >= 4 is 53.2 Å². The van der Waals surface area contributed by atoms with E-state index in [1.54, 1.807) is 0 Å². The molecule has 0 spiro atoms. The van der Waals surface area contributed by atoms with Gasteiger partial charge in [-0.1, -0.05) is 23.2 Å². The first-order valence-electron chi connectivity index (χ1n) is 6.64. The molecule has 0 aliphatic carbocycles. The Bertz CT molecular complexity index is 837. The zero-order valence-corrected chi connectivity index (χ0v) is 14.0. The molecular formula is C16H12Cl2N2O4. The summed E-state index contributed by atoms with van der Waals surface area (Å²) in [6.45, 7) is 4.43. The largest absolute Gasteiger partial charge is 0.619 e. The van der Waals surface area contributed by atoms with E-state index in [-0.39, 0.29) is 27.7 Å². The number of hydrogen-bond donors (Lipinski definition) is 1. The molecule has 6 nitrogen and oxygen atoms in total. The molecule has 0 aromatic heterocycles. The Morgan fingerprint density at radius 1 is 1.21 bits per heavy atom. The summed E-state index contributed by atoms with van der Waals surface area (Å²) in [7, 11) is 0. The minimum absolute atomic E-state index is 0.0699. The number of esters is 1. The number of rotatable bonds is 4. The Kier molecular flexibility index (Phi) is 5.43. The fourth-order valence-electron chi connectivity index (χ4n) is 1.87. The number of anilines is 1. The van der Waals surface area contributed by atoms with E-state index >= 15 is 0 Å². The topological polar surface area (TPSA) is 81.5 Å². The molecule has 24 heavy (non-hydrogen) atoms. The number of nitrogens with one attached hydrogen (secondary N) is 1. The maximum Gasteiger partial charge on any atom is 0.308 e. The molecule has 0 aliphatic rings. The van der Waals surface area contributed by atoms with Crippen LogP contribution >= 0.6 is 23.2 Å². The maximum absolute atomic E-state index is 12.4. The predicted octanol–water partition coefficient (Wildman–Crippen LogP) is 4.01. The fraction of sp³-hybridized carbons (Fsp3) is 0.0625. The Labute approximate surface area is 147 Å². The standard InChI is InChI=1S/C16H12Cl2N2O4/c1-9(21)24-15-6-3-10(17)7-12(15)16(22)19-14-5-4-11(20(2)23)8-13(14)18/h3-8H,2H2,1H3,(H,19,22). The highest BCUT2D eigenvalue weighted by molar-refractivity contribution is 6.34. The smallest absolute Gasteiger partial charge is 0.308 e. The number of carbonyl (C=O) groups is 2. The molecule has 0 atom stereocenters. The lowest BCUT2D eigenvalue weighted by atomic mass is 10.1. The first-order chi connectivity index (χ1) is 11.3. The van der Waals surface area contributed by atoms with Crippen LogP contribution in [-0.2, 0) is 4.79 Å². The number of nitrogens with zero attached hydrogens (tertiary/aromatic N) is 1. The van der Waals surface area contributed by atoms with Crippen LogP contribution in [0.5, 0.6) is 5.75 Å². The van der Waals surface area contributed by atoms with Crippen LogP contribution < -0.4 is 10.1 Å². The minimum atomic E-state index is -0.572. The average Bonchev–Trinajstić information content (AvgIpc) is 2.50. The van der Waals surface area contributed by atoms with Gasteiger partial charge in [-0.2, -0.15) is 4.74 Å². The SMILES string of the molecule is C=[N+]([O-])c1ccc(NC(=O)c2cc(Cl)ccc2OC(C)=O)c(Cl)c1. The second-order valence-electron chi connectivity index (χ2n) is 4.73.